The van der Waals surface area contributed by atoms with Crippen LogP contribution in [0.3, 0.4) is 0 Å². The summed E-state index contributed by atoms with van der Waals surface area (Å²) in [5, 5.41) is 0.590. The molecule has 0 atom stereocenters. The molecule has 1 saturated heterocycles. The van der Waals surface area contributed by atoms with Gasteiger partial charge in [0, 0.05) is 36.8 Å². The molecule has 2 aromatic rings. The van der Waals surface area contributed by atoms with Crippen molar-refractivity contribution in [3.05, 3.63) is 53.1 Å². The second-order valence-corrected chi connectivity index (χ2v) is 7.05. The molecular formula is C20H22ClN3O2. The smallest absolute Gasteiger partial charge is 0.325 e. The lowest BCUT2D eigenvalue weighted by atomic mass is 10.2. The summed E-state index contributed by atoms with van der Waals surface area (Å²) >= 11 is 6.22. The van der Waals surface area contributed by atoms with Gasteiger partial charge in [-0.25, -0.2) is 4.79 Å². The van der Waals surface area contributed by atoms with Crippen LogP contribution in [-0.2, 0) is 6.54 Å². The Bertz CT molecular complexity index is 818. The molecule has 26 heavy (non-hydrogen) atoms. The first kappa shape index (κ1) is 17.2. The van der Waals surface area contributed by atoms with Crippen molar-refractivity contribution in [2.24, 2.45) is 0 Å². The Labute approximate surface area is 158 Å². The number of likely N-dealkylation sites (N-methyl/N-ethyl adjacent to an activating group) is 1. The van der Waals surface area contributed by atoms with Crippen LogP contribution in [0, 0.1) is 0 Å². The average molecular weight is 372 g/mol. The van der Waals surface area contributed by atoms with Crippen molar-refractivity contribution in [1.82, 2.24) is 9.80 Å². The molecule has 2 aliphatic heterocycles. The number of benzene rings is 2. The van der Waals surface area contributed by atoms with E-state index in [4.69, 9.17) is 16.3 Å². The molecule has 0 radical (unpaired) electrons. The van der Waals surface area contributed by atoms with E-state index in [2.05, 4.69) is 11.8 Å². The topological polar surface area (TPSA) is 36.0 Å². The van der Waals surface area contributed by atoms with Crippen LogP contribution in [-0.4, -0.2) is 48.6 Å². The van der Waals surface area contributed by atoms with Gasteiger partial charge in [-0.15, -0.1) is 0 Å². The average Bonchev–Trinajstić information content (AvgIpc) is 2.84. The van der Waals surface area contributed by atoms with E-state index < -0.39 is 0 Å². The molecule has 4 rings (SSSR count). The number of amides is 2. The number of urea groups is 1. The maximum atomic E-state index is 13.3. The van der Waals surface area contributed by atoms with Crippen LogP contribution in [0.25, 0.3) is 0 Å². The first-order valence-electron chi connectivity index (χ1n) is 9.00. The summed E-state index contributed by atoms with van der Waals surface area (Å²) in [4.78, 5) is 19.4. The van der Waals surface area contributed by atoms with Crippen molar-refractivity contribution in [3.8, 4) is 11.5 Å². The molecule has 2 aliphatic rings. The van der Waals surface area contributed by atoms with E-state index in [9.17, 15) is 4.79 Å². The predicted octanol–water partition coefficient (Wildman–Crippen LogP) is 4.21. The molecule has 0 aromatic heterocycles. The van der Waals surface area contributed by atoms with Gasteiger partial charge in [0.15, 0.2) is 5.75 Å². The second-order valence-electron chi connectivity index (χ2n) is 6.61. The Kier molecular flexibility index (Phi) is 4.74. The molecule has 0 N–H and O–H groups in total. The van der Waals surface area contributed by atoms with E-state index in [1.807, 2.05) is 41.3 Å². The molecule has 6 heteroatoms. The number of halogens is 1. The van der Waals surface area contributed by atoms with Crippen molar-refractivity contribution in [2.75, 3.05) is 37.6 Å². The van der Waals surface area contributed by atoms with Crippen LogP contribution in [0.5, 0.6) is 11.5 Å². The molecule has 0 spiro atoms. The lowest BCUT2D eigenvalue weighted by Gasteiger charge is -2.37. The quantitative estimate of drug-likeness (QED) is 0.753. The zero-order chi connectivity index (χ0) is 18.1. The van der Waals surface area contributed by atoms with E-state index in [1.165, 1.54) is 0 Å². The van der Waals surface area contributed by atoms with E-state index >= 15 is 0 Å². The van der Waals surface area contributed by atoms with E-state index in [0.29, 0.717) is 17.3 Å². The third kappa shape index (κ3) is 3.24. The van der Waals surface area contributed by atoms with Gasteiger partial charge in [-0.1, -0.05) is 36.7 Å². The zero-order valence-corrected chi connectivity index (χ0v) is 15.6. The molecular weight excluding hydrogens is 350 g/mol. The minimum atomic E-state index is 0.00423. The van der Waals surface area contributed by atoms with E-state index in [1.54, 1.807) is 11.0 Å². The Morgan fingerprint density at radius 2 is 1.85 bits per heavy atom. The number of piperazine rings is 1. The van der Waals surface area contributed by atoms with Crippen molar-refractivity contribution in [2.45, 2.75) is 13.5 Å². The van der Waals surface area contributed by atoms with Gasteiger partial charge in [0.2, 0.25) is 0 Å². The molecule has 5 nitrogen and oxygen atoms in total. The molecule has 2 heterocycles. The fourth-order valence-electron chi connectivity index (χ4n) is 3.49. The summed E-state index contributed by atoms with van der Waals surface area (Å²) < 4.78 is 6.08. The lowest BCUT2D eigenvalue weighted by molar-refractivity contribution is 0.147. The molecule has 0 bridgehead atoms. The maximum Gasteiger partial charge on any atom is 0.325 e. The number of hydrogen-bond acceptors (Lipinski definition) is 3. The number of fused-ring (bicyclic) bond motifs is 2. The van der Waals surface area contributed by atoms with Crippen molar-refractivity contribution in [3.63, 3.8) is 0 Å². The lowest BCUT2D eigenvalue weighted by Crippen LogP contribution is -2.52. The number of nitrogens with zero attached hydrogens (tertiary/aromatic N) is 3. The van der Waals surface area contributed by atoms with Crippen LogP contribution in [0.4, 0.5) is 10.5 Å². The summed E-state index contributed by atoms with van der Waals surface area (Å²) in [6.45, 7) is 6.93. The van der Waals surface area contributed by atoms with Crippen LogP contribution in [0.2, 0.25) is 5.02 Å². The maximum absolute atomic E-state index is 13.3. The normalized spacial score (nSPS) is 17.2. The summed E-state index contributed by atoms with van der Waals surface area (Å²) in [5.41, 5.74) is 1.71. The van der Waals surface area contributed by atoms with Gasteiger partial charge in [0.25, 0.3) is 0 Å². The number of rotatable bonds is 1. The van der Waals surface area contributed by atoms with Crippen molar-refractivity contribution >= 4 is 23.3 Å². The fraction of sp³-hybridized carbons (Fsp3) is 0.350. The van der Waals surface area contributed by atoms with E-state index in [0.717, 1.165) is 49.7 Å². The summed E-state index contributed by atoms with van der Waals surface area (Å²) in [6.07, 6.45) is 0. The van der Waals surface area contributed by atoms with Crippen molar-refractivity contribution in [1.29, 1.82) is 0 Å². The monoisotopic (exact) mass is 371 g/mol. The Balaban J connectivity index is 1.68. The van der Waals surface area contributed by atoms with Gasteiger partial charge in [0.05, 0.1) is 12.2 Å². The largest absolute Gasteiger partial charge is 0.455 e. The number of para-hydroxylation sites is 1. The molecule has 2 aromatic carbocycles. The minimum absolute atomic E-state index is 0.00423. The van der Waals surface area contributed by atoms with Gasteiger partial charge in [-0.05, 0) is 30.8 Å². The summed E-state index contributed by atoms with van der Waals surface area (Å²) in [5.74, 6) is 1.43. The molecule has 1 fully saturated rings. The molecule has 136 valence electrons. The number of carbonyl (C=O) groups excluding carboxylic acids is 1. The highest BCUT2D eigenvalue weighted by atomic mass is 35.5. The highest BCUT2D eigenvalue weighted by Gasteiger charge is 2.30. The number of anilines is 1. The highest BCUT2D eigenvalue weighted by molar-refractivity contribution is 6.31. The van der Waals surface area contributed by atoms with E-state index in [-0.39, 0.29) is 6.03 Å². The Hall–Kier alpha value is -2.24. The first-order chi connectivity index (χ1) is 12.7. The zero-order valence-electron chi connectivity index (χ0n) is 14.8. The van der Waals surface area contributed by atoms with Crippen molar-refractivity contribution < 1.29 is 9.53 Å². The fourth-order valence-corrected chi connectivity index (χ4v) is 3.66. The first-order valence-corrected chi connectivity index (χ1v) is 9.37. The second kappa shape index (κ2) is 7.17. The molecule has 2 amide bonds. The molecule has 0 aliphatic carbocycles. The van der Waals surface area contributed by atoms with Crippen LogP contribution < -0.4 is 9.64 Å². The molecule has 0 unspecified atom stereocenters. The van der Waals surface area contributed by atoms with Crippen LogP contribution >= 0.6 is 11.6 Å². The minimum Gasteiger partial charge on any atom is -0.455 e. The predicted molar refractivity (Wildman–Crippen MR) is 103 cm³/mol. The summed E-state index contributed by atoms with van der Waals surface area (Å²) in [7, 11) is 0. The highest BCUT2D eigenvalue weighted by Crippen LogP contribution is 2.40. The van der Waals surface area contributed by atoms with Crippen LogP contribution in [0.1, 0.15) is 12.5 Å². The Morgan fingerprint density at radius 1 is 1.08 bits per heavy atom. The van der Waals surface area contributed by atoms with Gasteiger partial charge in [-0.3, -0.25) is 4.90 Å². The van der Waals surface area contributed by atoms with Crippen LogP contribution in [0.15, 0.2) is 42.5 Å². The van der Waals surface area contributed by atoms with Gasteiger partial charge >= 0.3 is 6.03 Å². The SMILES string of the molecule is CCN1CCN(C(=O)N2Cc3ccccc3Oc3ccc(Cl)cc32)CC1. The third-order valence-corrected chi connectivity index (χ3v) is 5.29. The summed E-state index contributed by atoms with van der Waals surface area (Å²) in [6, 6.07) is 13.3. The number of ether oxygens (including phenoxy) is 1. The number of carbonyl (C=O) groups is 1. The standard InChI is InChI=1S/C20H22ClN3O2/c1-2-22-9-11-23(12-10-22)20(25)24-14-15-5-3-4-6-18(15)26-19-8-7-16(21)13-17(19)24/h3-8,13H,2,9-12,14H2,1H3. The number of hydrogen-bond donors (Lipinski definition) is 0. The molecule has 0 saturated carbocycles. The van der Waals surface area contributed by atoms with Gasteiger partial charge < -0.3 is 14.5 Å². The third-order valence-electron chi connectivity index (χ3n) is 5.05. The van der Waals surface area contributed by atoms with Gasteiger partial charge in [-0.2, -0.15) is 0 Å². The Morgan fingerprint density at radius 3 is 2.62 bits per heavy atom. The van der Waals surface area contributed by atoms with Gasteiger partial charge in [0.1, 0.15) is 5.75 Å².